The van der Waals surface area contributed by atoms with E-state index < -0.39 is 17.7 Å². The van der Waals surface area contributed by atoms with Gasteiger partial charge in [-0.25, -0.2) is 0 Å². The van der Waals surface area contributed by atoms with E-state index >= 15 is 0 Å². The second-order valence-corrected chi connectivity index (χ2v) is 8.16. The van der Waals surface area contributed by atoms with Crippen LogP contribution in [0.2, 0.25) is 5.02 Å². The predicted molar refractivity (Wildman–Crippen MR) is 124 cm³/mol. The van der Waals surface area contributed by atoms with Crippen LogP contribution in [0.1, 0.15) is 44.4 Å². The van der Waals surface area contributed by atoms with Crippen LogP contribution in [0.15, 0.2) is 54.1 Å². The van der Waals surface area contributed by atoms with Crippen molar-refractivity contribution < 1.29 is 24.2 Å². The standard InChI is InChI=1S/C25H28ClNO5/c1-4-31-20-12-11-18(15-19(20)26)23(28)21-22(17-9-6-5-7-10-17)27(25(30)24(21)29)13-8-14-32-16(2)3/h5-7,9-12,15-16,22,28H,4,8,13-14H2,1-3H3. The van der Waals surface area contributed by atoms with Crippen molar-refractivity contribution in [3.05, 3.63) is 70.3 Å². The van der Waals surface area contributed by atoms with Gasteiger partial charge in [-0.1, -0.05) is 41.9 Å². The molecular formula is C25H28ClNO5. The summed E-state index contributed by atoms with van der Waals surface area (Å²) in [4.78, 5) is 27.4. The van der Waals surface area contributed by atoms with Gasteiger partial charge >= 0.3 is 0 Å². The zero-order valence-corrected chi connectivity index (χ0v) is 19.3. The minimum atomic E-state index is -0.717. The zero-order chi connectivity index (χ0) is 23.3. The average Bonchev–Trinajstić information content (AvgIpc) is 3.03. The Morgan fingerprint density at radius 3 is 2.50 bits per heavy atom. The number of benzene rings is 2. The smallest absolute Gasteiger partial charge is 0.295 e. The van der Waals surface area contributed by atoms with Crippen molar-refractivity contribution in [2.75, 3.05) is 19.8 Å². The van der Waals surface area contributed by atoms with Crippen molar-refractivity contribution >= 4 is 29.1 Å². The number of likely N-dealkylation sites (tertiary alicyclic amines) is 1. The van der Waals surface area contributed by atoms with E-state index in [0.29, 0.717) is 42.5 Å². The Morgan fingerprint density at radius 1 is 1.16 bits per heavy atom. The van der Waals surface area contributed by atoms with Gasteiger partial charge in [0.1, 0.15) is 11.5 Å². The molecule has 1 unspecified atom stereocenters. The molecule has 1 amide bonds. The Labute approximate surface area is 193 Å². The van der Waals surface area contributed by atoms with Crippen LogP contribution in [0.5, 0.6) is 5.75 Å². The topological polar surface area (TPSA) is 76.1 Å². The third kappa shape index (κ3) is 5.14. The van der Waals surface area contributed by atoms with Gasteiger partial charge in [-0.3, -0.25) is 9.59 Å². The molecule has 1 atom stereocenters. The van der Waals surface area contributed by atoms with Crippen molar-refractivity contribution in [2.45, 2.75) is 39.3 Å². The highest BCUT2D eigenvalue weighted by Crippen LogP contribution is 2.40. The fraction of sp³-hybridized carbons (Fsp3) is 0.360. The number of ether oxygens (including phenoxy) is 2. The molecule has 2 aromatic carbocycles. The van der Waals surface area contributed by atoms with Gasteiger partial charge in [0.05, 0.1) is 29.3 Å². The van der Waals surface area contributed by atoms with Crippen LogP contribution in [0.4, 0.5) is 0 Å². The number of hydrogen-bond donors (Lipinski definition) is 1. The summed E-state index contributed by atoms with van der Waals surface area (Å²) in [6, 6.07) is 13.3. The van der Waals surface area contributed by atoms with Crippen molar-refractivity contribution in [1.82, 2.24) is 4.90 Å². The SMILES string of the molecule is CCOc1ccc(C(O)=C2C(=O)C(=O)N(CCCOC(C)C)C2c2ccccc2)cc1Cl. The number of nitrogens with zero attached hydrogens (tertiary/aromatic N) is 1. The molecule has 1 N–H and O–H groups in total. The van der Waals surface area contributed by atoms with Crippen LogP contribution in [0.25, 0.3) is 5.76 Å². The van der Waals surface area contributed by atoms with Gasteiger partial charge in [0.2, 0.25) is 0 Å². The third-order valence-corrected chi connectivity index (χ3v) is 5.45. The maximum absolute atomic E-state index is 13.0. The summed E-state index contributed by atoms with van der Waals surface area (Å²) in [5.41, 5.74) is 1.14. The lowest BCUT2D eigenvalue weighted by molar-refractivity contribution is -0.140. The number of aliphatic hydroxyl groups is 1. The average molecular weight is 458 g/mol. The lowest BCUT2D eigenvalue weighted by Crippen LogP contribution is -2.31. The summed E-state index contributed by atoms with van der Waals surface area (Å²) < 4.78 is 11.0. The number of halogens is 1. The number of amides is 1. The molecule has 7 heteroatoms. The van der Waals surface area contributed by atoms with E-state index in [9.17, 15) is 14.7 Å². The molecule has 0 aromatic heterocycles. The summed E-state index contributed by atoms with van der Waals surface area (Å²) in [6.45, 7) is 6.98. The quantitative estimate of drug-likeness (QED) is 0.249. The van der Waals surface area contributed by atoms with Crippen LogP contribution in [-0.2, 0) is 14.3 Å². The van der Waals surface area contributed by atoms with Crippen LogP contribution >= 0.6 is 11.6 Å². The van der Waals surface area contributed by atoms with Crippen LogP contribution in [-0.4, -0.2) is 47.6 Å². The summed E-state index contributed by atoms with van der Waals surface area (Å²) in [7, 11) is 0. The molecule has 1 fully saturated rings. The molecule has 170 valence electrons. The van der Waals surface area contributed by atoms with Gasteiger partial charge in [-0.2, -0.15) is 0 Å². The lowest BCUT2D eigenvalue weighted by atomic mass is 9.95. The fourth-order valence-corrected chi connectivity index (χ4v) is 3.96. The number of carbonyl (C=O) groups excluding carboxylic acids is 2. The van der Waals surface area contributed by atoms with Gasteiger partial charge < -0.3 is 19.5 Å². The first-order chi connectivity index (χ1) is 15.3. The zero-order valence-electron chi connectivity index (χ0n) is 18.5. The van der Waals surface area contributed by atoms with E-state index in [-0.39, 0.29) is 17.4 Å². The highest BCUT2D eigenvalue weighted by atomic mass is 35.5. The van der Waals surface area contributed by atoms with Crippen LogP contribution in [0, 0.1) is 0 Å². The second-order valence-electron chi connectivity index (χ2n) is 7.75. The molecule has 1 heterocycles. The monoisotopic (exact) mass is 457 g/mol. The van der Waals surface area contributed by atoms with Gasteiger partial charge in [0.15, 0.2) is 0 Å². The largest absolute Gasteiger partial charge is 0.507 e. The molecule has 1 aliphatic heterocycles. The molecule has 1 aliphatic rings. The molecule has 2 aromatic rings. The molecule has 0 radical (unpaired) electrons. The maximum atomic E-state index is 13.0. The Kier molecular flexibility index (Phi) is 7.94. The molecule has 1 saturated heterocycles. The Hall–Kier alpha value is -2.83. The van der Waals surface area contributed by atoms with Crippen molar-refractivity contribution in [2.24, 2.45) is 0 Å². The molecule has 6 nitrogen and oxygen atoms in total. The number of aliphatic hydroxyl groups excluding tert-OH is 1. The molecular weight excluding hydrogens is 430 g/mol. The molecule has 0 saturated carbocycles. The van der Waals surface area contributed by atoms with Crippen molar-refractivity contribution in [1.29, 1.82) is 0 Å². The first kappa shape index (κ1) is 23.8. The van der Waals surface area contributed by atoms with Crippen molar-refractivity contribution in [3.63, 3.8) is 0 Å². The van der Waals surface area contributed by atoms with E-state index in [1.807, 2.05) is 51.1 Å². The van der Waals surface area contributed by atoms with E-state index in [2.05, 4.69) is 0 Å². The molecule has 0 aliphatic carbocycles. The van der Waals surface area contributed by atoms with E-state index in [1.54, 1.807) is 12.1 Å². The van der Waals surface area contributed by atoms with Crippen LogP contribution in [0.3, 0.4) is 0 Å². The van der Waals surface area contributed by atoms with Crippen LogP contribution < -0.4 is 4.74 Å². The molecule has 0 bridgehead atoms. The van der Waals surface area contributed by atoms with E-state index in [4.69, 9.17) is 21.1 Å². The fourth-order valence-electron chi connectivity index (χ4n) is 3.72. The Balaban J connectivity index is 2.01. The Bertz CT molecular complexity index is 1000. The van der Waals surface area contributed by atoms with Gasteiger partial charge in [0.25, 0.3) is 11.7 Å². The number of rotatable bonds is 9. The Morgan fingerprint density at radius 2 is 1.88 bits per heavy atom. The summed E-state index contributed by atoms with van der Waals surface area (Å²) in [6.07, 6.45) is 0.656. The molecule has 3 rings (SSSR count). The highest BCUT2D eigenvalue weighted by Gasteiger charge is 2.45. The lowest BCUT2D eigenvalue weighted by Gasteiger charge is -2.25. The first-order valence-corrected chi connectivity index (χ1v) is 11.1. The van der Waals surface area contributed by atoms with Gasteiger partial charge in [-0.15, -0.1) is 0 Å². The molecule has 32 heavy (non-hydrogen) atoms. The summed E-state index contributed by atoms with van der Waals surface area (Å²) in [5, 5.41) is 11.4. The van der Waals surface area contributed by atoms with Gasteiger partial charge in [0, 0.05) is 18.7 Å². The van der Waals surface area contributed by atoms with E-state index in [1.165, 1.54) is 11.0 Å². The second kappa shape index (κ2) is 10.7. The number of hydrogen-bond acceptors (Lipinski definition) is 5. The predicted octanol–water partition coefficient (Wildman–Crippen LogP) is 4.98. The minimum absolute atomic E-state index is 0.0474. The minimum Gasteiger partial charge on any atom is -0.507 e. The normalized spacial score (nSPS) is 17.9. The molecule has 0 spiro atoms. The number of carbonyl (C=O) groups is 2. The highest BCUT2D eigenvalue weighted by molar-refractivity contribution is 6.46. The summed E-state index contributed by atoms with van der Waals surface area (Å²) >= 11 is 6.28. The number of ketones is 1. The number of Topliss-reactive ketones (excluding diaryl/α,β-unsaturated/α-hetero) is 1. The summed E-state index contributed by atoms with van der Waals surface area (Å²) in [5.74, 6) is -1.13. The third-order valence-electron chi connectivity index (χ3n) is 5.15. The van der Waals surface area contributed by atoms with E-state index in [0.717, 1.165) is 5.56 Å². The van der Waals surface area contributed by atoms with Gasteiger partial charge in [-0.05, 0) is 51.0 Å². The van der Waals surface area contributed by atoms with Crippen molar-refractivity contribution in [3.8, 4) is 5.75 Å². The maximum Gasteiger partial charge on any atom is 0.295 e. The first-order valence-electron chi connectivity index (χ1n) is 10.7.